The first-order chi connectivity index (χ1) is 11.1. The second kappa shape index (κ2) is 8.01. The second-order valence-electron chi connectivity index (χ2n) is 4.66. The Labute approximate surface area is 149 Å². The number of ether oxygens (including phenoxy) is 3. The predicted molar refractivity (Wildman–Crippen MR) is 98.6 cm³/mol. The molecular formula is C18H17IO4. The van der Waals surface area contributed by atoms with E-state index in [2.05, 4.69) is 22.6 Å². The number of carbonyl (C=O) groups is 1. The minimum atomic E-state index is -0.0600. The summed E-state index contributed by atoms with van der Waals surface area (Å²) in [5, 5.41) is 0. The lowest BCUT2D eigenvalue weighted by molar-refractivity contribution is 0.104. The minimum absolute atomic E-state index is 0.0600. The van der Waals surface area contributed by atoms with Crippen molar-refractivity contribution in [3.63, 3.8) is 0 Å². The predicted octanol–water partition coefficient (Wildman–Crippen LogP) is 4.21. The summed E-state index contributed by atoms with van der Waals surface area (Å²) >= 11 is 2.20. The molecule has 0 bridgehead atoms. The van der Waals surface area contributed by atoms with Crippen LogP contribution in [0.1, 0.15) is 15.9 Å². The van der Waals surface area contributed by atoms with E-state index in [1.807, 2.05) is 24.3 Å². The monoisotopic (exact) mass is 424 g/mol. The van der Waals surface area contributed by atoms with E-state index in [0.717, 1.165) is 9.13 Å². The molecule has 2 aromatic rings. The molecule has 0 N–H and O–H groups in total. The first-order valence-electron chi connectivity index (χ1n) is 6.87. The summed E-state index contributed by atoms with van der Waals surface area (Å²) in [5.74, 6) is 1.56. The Bertz CT molecular complexity index is 695. The Hall–Kier alpha value is -2.02. The van der Waals surface area contributed by atoms with Crippen molar-refractivity contribution >= 4 is 34.5 Å². The lowest BCUT2D eigenvalue weighted by atomic mass is 10.1. The fourth-order valence-corrected chi connectivity index (χ4v) is 2.44. The van der Waals surface area contributed by atoms with Crippen LogP contribution in [0, 0.1) is 3.57 Å². The van der Waals surface area contributed by atoms with Crippen molar-refractivity contribution in [2.75, 3.05) is 21.3 Å². The number of methoxy groups -OCH3 is 3. The maximum absolute atomic E-state index is 12.2. The van der Waals surface area contributed by atoms with Crippen LogP contribution in [0.2, 0.25) is 0 Å². The van der Waals surface area contributed by atoms with E-state index in [1.54, 1.807) is 39.5 Å². The van der Waals surface area contributed by atoms with Crippen LogP contribution in [0.5, 0.6) is 17.2 Å². The lowest BCUT2D eigenvalue weighted by Crippen LogP contribution is -1.96. The first kappa shape index (κ1) is 17.3. The number of ketones is 1. The maximum Gasteiger partial charge on any atom is 0.203 e. The molecule has 2 rings (SSSR count). The van der Waals surface area contributed by atoms with Crippen molar-refractivity contribution in [1.29, 1.82) is 0 Å². The number of halogens is 1. The fourth-order valence-electron chi connectivity index (χ4n) is 2.08. The van der Waals surface area contributed by atoms with E-state index in [9.17, 15) is 4.79 Å². The number of hydrogen-bond acceptors (Lipinski definition) is 4. The highest BCUT2D eigenvalue weighted by Gasteiger charge is 2.12. The summed E-state index contributed by atoms with van der Waals surface area (Å²) < 4.78 is 17.0. The van der Waals surface area contributed by atoms with Gasteiger partial charge in [-0.1, -0.05) is 18.2 Å². The Morgan fingerprint density at radius 2 is 1.52 bits per heavy atom. The normalized spacial score (nSPS) is 10.6. The summed E-state index contributed by atoms with van der Waals surface area (Å²) in [7, 11) is 4.67. The molecule has 0 heterocycles. The molecule has 0 saturated carbocycles. The Morgan fingerprint density at radius 3 is 2.00 bits per heavy atom. The molecule has 23 heavy (non-hydrogen) atoms. The van der Waals surface area contributed by atoms with Gasteiger partial charge < -0.3 is 14.2 Å². The van der Waals surface area contributed by atoms with E-state index >= 15 is 0 Å². The molecular weight excluding hydrogens is 407 g/mol. The standard InChI is InChI=1S/C18H17IO4/c1-21-16-10-12(11-17(22-2)18(16)23-3)4-9-15(20)13-5-7-14(19)8-6-13/h4-11H,1-3H3/b9-4-. The lowest BCUT2D eigenvalue weighted by Gasteiger charge is -2.12. The summed E-state index contributed by atoms with van der Waals surface area (Å²) in [6.45, 7) is 0. The summed E-state index contributed by atoms with van der Waals surface area (Å²) in [4.78, 5) is 12.2. The second-order valence-corrected chi connectivity index (χ2v) is 5.91. The quantitative estimate of drug-likeness (QED) is 0.396. The Morgan fingerprint density at radius 1 is 0.957 bits per heavy atom. The molecule has 2 aromatic carbocycles. The molecule has 5 heteroatoms. The molecule has 0 fully saturated rings. The molecule has 0 amide bonds. The van der Waals surface area contributed by atoms with Gasteiger partial charge in [0.2, 0.25) is 5.75 Å². The average molecular weight is 424 g/mol. The smallest absolute Gasteiger partial charge is 0.203 e. The first-order valence-corrected chi connectivity index (χ1v) is 7.95. The molecule has 0 aliphatic rings. The molecule has 120 valence electrons. The molecule has 0 aliphatic heterocycles. The Kier molecular flexibility index (Phi) is 6.04. The van der Waals surface area contributed by atoms with E-state index in [4.69, 9.17) is 14.2 Å². The van der Waals surface area contributed by atoms with Gasteiger partial charge in [0, 0.05) is 9.13 Å². The SMILES string of the molecule is COc1cc(/C=C\C(=O)c2ccc(I)cc2)cc(OC)c1OC. The van der Waals surface area contributed by atoms with Crippen molar-refractivity contribution in [3.05, 3.63) is 57.2 Å². The zero-order valence-electron chi connectivity index (χ0n) is 13.1. The molecule has 0 radical (unpaired) electrons. The van der Waals surface area contributed by atoms with Crippen LogP contribution in [-0.2, 0) is 0 Å². The molecule has 0 saturated heterocycles. The van der Waals surface area contributed by atoms with Gasteiger partial charge in [0.15, 0.2) is 17.3 Å². The van der Waals surface area contributed by atoms with Crippen LogP contribution in [0.15, 0.2) is 42.5 Å². The minimum Gasteiger partial charge on any atom is -0.493 e. The zero-order valence-corrected chi connectivity index (χ0v) is 15.3. The van der Waals surface area contributed by atoms with E-state index in [1.165, 1.54) is 6.08 Å². The van der Waals surface area contributed by atoms with Crippen LogP contribution >= 0.6 is 22.6 Å². The molecule has 0 atom stereocenters. The molecule has 4 nitrogen and oxygen atoms in total. The highest BCUT2D eigenvalue weighted by molar-refractivity contribution is 14.1. The van der Waals surface area contributed by atoms with Gasteiger partial charge in [0.1, 0.15) is 0 Å². The van der Waals surface area contributed by atoms with Crippen molar-refractivity contribution in [1.82, 2.24) is 0 Å². The van der Waals surface area contributed by atoms with Crippen LogP contribution in [0.25, 0.3) is 6.08 Å². The number of rotatable bonds is 6. The summed E-state index contributed by atoms with van der Waals surface area (Å²) in [5.41, 5.74) is 1.44. The van der Waals surface area contributed by atoms with E-state index in [0.29, 0.717) is 22.8 Å². The summed E-state index contributed by atoms with van der Waals surface area (Å²) in [6.07, 6.45) is 3.26. The van der Waals surface area contributed by atoms with Gasteiger partial charge in [-0.15, -0.1) is 0 Å². The van der Waals surface area contributed by atoms with Gasteiger partial charge in [-0.05, 0) is 58.5 Å². The van der Waals surface area contributed by atoms with Gasteiger partial charge in [-0.25, -0.2) is 0 Å². The van der Waals surface area contributed by atoms with Gasteiger partial charge in [-0.3, -0.25) is 4.79 Å². The zero-order chi connectivity index (χ0) is 16.8. The Balaban J connectivity index is 2.28. The van der Waals surface area contributed by atoms with Crippen LogP contribution in [-0.4, -0.2) is 27.1 Å². The number of carbonyl (C=O) groups excluding carboxylic acids is 1. The topological polar surface area (TPSA) is 44.8 Å². The highest BCUT2D eigenvalue weighted by atomic mass is 127. The van der Waals surface area contributed by atoms with Crippen LogP contribution in [0.4, 0.5) is 0 Å². The van der Waals surface area contributed by atoms with Gasteiger partial charge >= 0.3 is 0 Å². The van der Waals surface area contributed by atoms with Crippen molar-refractivity contribution in [2.24, 2.45) is 0 Å². The highest BCUT2D eigenvalue weighted by Crippen LogP contribution is 2.38. The van der Waals surface area contributed by atoms with Crippen molar-refractivity contribution in [2.45, 2.75) is 0 Å². The fraction of sp³-hybridized carbons (Fsp3) is 0.167. The average Bonchev–Trinajstić information content (AvgIpc) is 2.59. The molecule has 0 aliphatic carbocycles. The van der Waals surface area contributed by atoms with E-state index < -0.39 is 0 Å². The number of hydrogen-bond donors (Lipinski definition) is 0. The van der Waals surface area contributed by atoms with Gasteiger partial charge in [0.25, 0.3) is 0 Å². The van der Waals surface area contributed by atoms with E-state index in [-0.39, 0.29) is 5.78 Å². The van der Waals surface area contributed by atoms with Crippen LogP contribution in [0.3, 0.4) is 0 Å². The van der Waals surface area contributed by atoms with Crippen LogP contribution < -0.4 is 14.2 Å². The summed E-state index contributed by atoms with van der Waals surface area (Å²) in [6, 6.07) is 11.0. The molecule has 0 unspecified atom stereocenters. The van der Waals surface area contributed by atoms with Crippen molar-refractivity contribution in [3.8, 4) is 17.2 Å². The van der Waals surface area contributed by atoms with Gasteiger partial charge in [0.05, 0.1) is 21.3 Å². The molecule has 0 aromatic heterocycles. The third-order valence-electron chi connectivity index (χ3n) is 3.24. The third kappa shape index (κ3) is 4.25. The third-order valence-corrected chi connectivity index (χ3v) is 3.96. The van der Waals surface area contributed by atoms with Crippen molar-refractivity contribution < 1.29 is 19.0 Å². The maximum atomic E-state index is 12.2. The number of benzene rings is 2. The molecule has 0 spiro atoms. The van der Waals surface area contributed by atoms with Gasteiger partial charge in [-0.2, -0.15) is 0 Å². The number of allylic oxidation sites excluding steroid dienone is 1. The largest absolute Gasteiger partial charge is 0.493 e.